The largest absolute Gasteiger partial charge is 0.326 e. The van der Waals surface area contributed by atoms with Crippen LogP contribution in [0, 0.1) is 0 Å². The first-order valence-electron chi connectivity index (χ1n) is 5.87. The van der Waals surface area contributed by atoms with E-state index in [1.807, 2.05) is 54.6 Å². The molecule has 0 aliphatic rings. The van der Waals surface area contributed by atoms with Crippen LogP contribution in [-0.4, -0.2) is 5.91 Å². The van der Waals surface area contributed by atoms with Gasteiger partial charge < -0.3 is 5.32 Å². The quantitative estimate of drug-likeness (QED) is 0.806. The molecule has 92 valence electrons. The monoisotopic (exact) mass is 257 g/mol. The Labute approximate surface area is 112 Å². The molecule has 2 aromatic rings. The van der Waals surface area contributed by atoms with Crippen molar-refractivity contribution >= 4 is 24.2 Å². The maximum absolute atomic E-state index is 11.7. The van der Waals surface area contributed by atoms with E-state index in [9.17, 15) is 4.79 Å². The van der Waals surface area contributed by atoms with E-state index in [0.29, 0.717) is 6.42 Å². The minimum atomic E-state index is 0.0331. The molecule has 0 aliphatic carbocycles. The number of aryl methyl sites for hydroxylation is 1. The van der Waals surface area contributed by atoms with E-state index in [1.165, 1.54) is 5.56 Å². The predicted octanol–water partition coefficient (Wildman–Crippen LogP) is 3.55. The van der Waals surface area contributed by atoms with Gasteiger partial charge in [0.05, 0.1) is 0 Å². The molecular weight excluding hydrogens is 242 g/mol. The topological polar surface area (TPSA) is 29.1 Å². The Bertz CT molecular complexity index is 508. The fourth-order valence-electron chi connectivity index (χ4n) is 1.67. The van der Waals surface area contributed by atoms with Crippen molar-refractivity contribution in [1.82, 2.24) is 0 Å². The number of nitrogens with one attached hydrogen (secondary N) is 1. The summed E-state index contributed by atoms with van der Waals surface area (Å²) in [4.78, 5) is 12.6. The summed E-state index contributed by atoms with van der Waals surface area (Å²) in [7, 11) is 0. The van der Waals surface area contributed by atoms with Crippen LogP contribution in [0.4, 0.5) is 5.69 Å². The number of hydrogen-bond acceptors (Lipinski definition) is 2. The zero-order valence-corrected chi connectivity index (χ0v) is 10.9. The first kappa shape index (κ1) is 12.7. The van der Waals surface area contributed by atoms with E-state index in [-0.39, 0.29) is 5.91 Å². The number of hydrogen-bond donors (Lipinski definition) is 2. The van der Waals surface area contributed by atoms with E-state index in [0.717, 1.165) is 17.0 Å². The molecule has 2 aromatic carbocycles. The second-order valence-electron chi connectivity index (χ2n) is 4.08. The second-order valence-corrected chi connectivity index (χ2v) is 4.60. The number of anilines is 1. The van der Waals surface area contributed by atoms with Crippen molar-refractivity contribution in [3.8, 4) is 0 Å². The molecule has 0 atom stereocenters. The maximum atomic E-state index is 11.7. The smallest absolute Gasteiger partial charge is 0.224 e. The molecule has 0 saturated carbocycles. The van der Waals surface area contributed by atoms with E-state index in [2.05, 4.69) is 17.9 Å². The Morgan fingerprint density at radius 3 is 2.33 bits per heavy atom. The van der Waals surface area contributed by atoms with Crippen LogP contribution < -0.4 is 5.32 Å². The molecule has 0 fully saturated rings. The summed E-state index contributed by atoms with van der Waals surface area (Å²) in [5.74, 6) is 0.0331. The van der Waals surface area contributed by atoms with Gasteiger partial charge in [-0.3, -0.25) is 4.79 Å². The Kier molecular flexibility index (Phi) is 4.42. The summed E-state index contributed by atoms with van der Waals surface area (Å²) in [6.07, 6.45) is 1.25. The van der Waals surface area contributed by atoms with Gasteiger partial charge in [-0.25, -0.2) is 0 Å². The minimum absolute atomic E-state index is 0.0331. The average Bonchev–Trinajstić information content (AvgIpc) is 2.40. The summed E-state index contributed by atoms with van der Waals surface area (Å²) in [6, 6.07) is 17.4. The second kappa shape index (κ2) is 6.26. The van der Waals surface area contributed by atoms with Gasteiger partial charge in [0, 0.05) is 17.0 Å². The van der Waals surface area contributed by atoms with E-state index in [4.69, 9.17) is 0 Å². The molecule has 0 aromatic heterocycles. The lowest BCUT2D eigenvalue weighted by Gasteiger charge is -2.05. The molecule has 1 amide bonds. The van der Waals surface area contributed by atoms with Crippen molar-refractivity contribution in [3.05, 3.63) is 60.2 Å². The number of carbonyl (C=O) groups is 1. The van der Waals surface area contributed by atoms with Crippen molar-refractivity contribution < 1.29 is 4.79 Å². The number of amides is 1. The average molecular weight is 257 g/mol. The third-order valence-electron chi connectivity index (χ3n) is 2.63. The zero-order valence-electron chi connectivity index (χ0n) is 9.97. The summed E-state index contributed by atoms with van der Waals surface area (Å²) >= 11 is 4.20. The molecule has 0 aliphatic heterocycles. The van der Waals surface area contributed by atoms with Gasteiger partial charge in [-0.15, -0.1) is 12.6 Å². The van der Waals surface area contributed by atoms with Gasteiger partial charge in [0.2, 0.25) is 5.91 Å². The summed E-state index contributed by atoms with van der Waals surface area (Å²) in [6.45, 7) is 0. The van der Waals surface area contributed by atoms with Crippen molar-refractivity contribution in [2.45, 2.75) is 17.7 Å². The molecule has 0 spiro atoms. The first-order chi connectivity index (χ1) is 8.74. The highest BCUT2D eigenvalue weighted by Gasteiger charge is 2.02. The van der Waals surface area contributed by atoms with Crippen molar-refractivity contribution in [2.75, 3.05) is 5.32 Å². The fourth-order valence-corrected chi connectivity index (χ4v) is 1.82. The number of benzene rings is 2. The van der Waals surface area contributed by atoms with Gasteiger partial charge in [-0.1, -0.05) is 30.3 Å². The van der Waals surface area contributed by atoms with Crippen LogP contribution in [0.3, 0.4) is 0 Å². The van der Waals surface area contributed by atoms with Crippen molar-refractivity contribution in [1.29, 1.82) is 0 Å². The molecule has 0 radical (unpaired) electrons. The standard InChI is InChI=1S/C15H15NOS/c17-15(11-6-12-4-2-1-3-5-12)16-13-7-9-14(18)10-8-13/h1-5,7-10,18H,6,11H2,(H,16,17). The lowest BCUT2D eigenvalue weighted by atomic mass is 10.1. The van der Waals surface area contributed by atoms with Gasteiger partial charge in [-0.2, -0.15) is 0 Å². The molecule has 2 rings (SSSR count). The molecule has 1 N–H and O–H groups in total. The molecule has 3 heteroatoms. The maximum Gasteiger partial charge on any atom is 0.224 e. The Morgan fingerprint density at radius 2 is 1.67 bits per heavy atom. The van der Waals surface area contributed by atoms with Crippen LogP contribution in [0.15, 0.2) is 59.5 Å². The zero-order chi connectivity index (χ0) is 12.8. The SMILES string of the molecule is O=C(CCc1ccccc1)Nc1ccc(S)cc1. The van der Waals surface area contributed by atoms with Gasteiger partial charge in [0.15, 0.2) is 0 Å². The fraction of sp³-hybridized carbons (Fsp3) is 0.133. The lowest BCUT2D eigenvalue weighted by molar-refractivity contribution is -0.116. The third kappa shape index (κ3) is 3.93. The molecule has 0 bridgehead atoms. The van der Waals surface area contributed by atoms with Gasteiger partial charge in [-0.05, 0) is 36.2 Å². The minimum Gasteiger partial charge on any atom is -0.326 e. The van der Waals surface area contributed by atoms with Crippen LogP contribution in [0.5, 0.6) is 0 Å². The summed E-state index contributed by atoms with van der Waals surface area (Å²) in [5, 5.41) is 2.87. The lowest BCUT2D eigenvalue weighted by Crippen LogP contribution is -2.12. The highest BCUT2D eigenvalue weighted by molar-refractivity contribution is 7.80. The van der Waals surface area contributed by atoms with Crippen LogP contribution in [0.25, 0.3) is 0 Å². The number of thiol groups is 1. The van der Waals surface area contributed by atoms with Crippen LogP contribution >= 0.6 is 12.6 Å². The van der Waals surface area contributed by atoms with Crippen LogP contribution in [-0.2, 0) is 11.2 Å². The van der Waals surface area contributed by atoms with E-state index >= 15 is 0 Å². The molecule has 0 saturated heterocycles. The van der Waals surface area contributed by atoms with Gasteiger partial charge in [0.1, 0.15) is 0 Å². The van der Waals surface area contributed by atoms with E-state index in [1.54, 1.807) is 0 Å². The third-order valence-corrected chi connectivity index (χ3v) is 2.93. The Hall–Kier alpha value is -1.74. The Balaban J connectivity index is 1.84. The normalized spacial score (nSPS) is 10.1. The van der Waals surface area contributed by atoms with Crippen LogP contribution in [0.1, 0.15) is 12.0 Å². The molecule has 18 heavy (non-hydrogen) atoms. The highest BCUT2D eigenvalue weighted by atomic mass is 32.1. The highest BCUT2D eigenvalue weighted by Crippen LogP contribution is 2.12. The molecule has 0 unspecified atom stereocenters. The van der Waals surface area contributed by atoms with Gasteiger partial charge in [0.25, 0.3) is 0 Å². The summed E-state index contributed by atoms with van der Waals surface area (Å²) in [5.41, 5.74) is 1.99. The Morgan fingerprint density at radius 1 is 1.00 bits per heavy atom. The van der Waals surface area contributed by atoms with Crippen molar-refractivity contribution in [2.24, 2.45) is 0 Å². The van der Waals surface area contributed by atoms with Crippen molar-refractivity contribution in [3.63, 3.8) is 0 Å². The van der Waals surface area contributed by atoms with E-state index < -0.39 is 0 Å². The number of carbonyl (C=O) groups excluding carboxylic acids is 1. The number of rotatable bonds is 4. The molecule has 2 nitrogen and oxygen atoms in total. The first-order valence-corrected chi connectivity index (χ1v) is 6.31. The molecular formula is C15H15NOS. The van der Waals surface area contributed by atoms with Crippen LogP contribution in [0.2, 0.25) is 0 Å². The van der Waals surface area contributed by atoms with Gasteiger partial charge >= 0.3 is 0 Å². The predicted molar refractivity (Wildman–Crippen MR) is 77.1 cm³/mol. The molecule has 0 heterocycles. The summed E-state index contributed by atoms with van der Waals surface area (Å²) < 4.78 is 0.